The maximum Gasteiger partial charge on any atom is 0.344 e. The highest BCUT2D eigenvalue weighted by molar-refractivity contribution is 6.30. The van der Waals surface area contributed by atoms with Crippen LogP contribution in [0.2, 0.25) is 10.0 Å². The van der Waals surface area contributed by atoms with Gasteiger partial charge in [0.1, 0.15) is 23.4 Å². The molecule has 3 aliphatic carbocycles. The number of benzene rings is 6. The van der Waals surface area contributed by atoms with Gasteiger partial charge in [0.05, 0.1) is 0 Å². The fraction of sp³-hybridized carbons (Fsp3) is 0.278. The molecule has 0 heterocycles. The van der Waals surface area contributed by atoms with E-state index in [1.807, 2.05) is 30.3 Å². The summed E-state index contributed by atoms with van der Waals surface area (Å²) in [5.74, 6) is -3.09. The first kappa shape index (κ1) is 47.4. The zero-order chi connectivity index (χ0) is 45.9. The van der Waals surface area contributed by atoms with Gasteiger partial charge < -0.3 is 19.7 Å². The largest absolute Gasteiger partial charge is 0.479 e. The van der Waals surface area contributed by atoms with E-state index in [1.165, 1.54) is 37.5 Å². The highest BCUT2D eigenvalue weighted by atomic mass is 35.5. The van der Waals surface area contributed by atoms with Gasteiger partial charge in [-0.3, -0.25) is 0 Å². The van der Waals surface area contributed by atoms with E-state index >= 15 is 8.78 Å². The van der Waals surface area contributed by atoms with Gasteiger partial charge in [0.2, 0.25) is 5.67 Å². The van der Waals surface area contributed by atoms with Gasteiger partial charge in [0.25, 0.3) is 0 Å². The van der Waals surface area contributed by atoms with Crippen LogP contribution in [0.15, 0.2) is 157 Å². The lowest BCUT2D eigenvalue weighted by atomic mass is 9.75. The molecule has 2 unspecified atom stereocenters. The molecule has 5 nitrogen and oxygen atoms in total. The minimum atomic E-state index is -2.94. The lowest BCUT2D eigenvalue weighted by molar-refractivity contribution is -0.163. The van der Waals surface area contributed by atoms with E-state index in [0.717, 1.165) is 30.0 Å². The smallest absolute Gasteiger partial charge is 0.344 e. The van der Waals surface area contributed by atoms with Gasteiger partial charge in [0.15, 0.2) is 23.1 Å². The number of rotatable bonds is 16. The lowest BCUT2D eigenvalue weighted by Gasteiger charge is -2.35. The van der Waals surface area contributed by atoms with E-state index in [4.69, 9.17) is 32.7 Å². The SMILES string of the molecule is C1CC1.F/C(=C\Cc1ccc(F)c(Oc2ccccc2)c1)[C@@H](c1ccc(Cl)cc1)C1CC1.O=C(O)C(F)(C(O)Cc1ccc(F)c(Oc2ccccc2)c1)[C@@H](c1ccc(Cl)cc1)C1CC1. The van der Waals surface area contributed by atoms with Crippen molar-refractivity contribution in [3.63, 3.8) is 0 Å². The number of carbonyl (C=O) groups is 1. The Morgan fingerprint density at radius 3 is 1.58 bits per heavy atom. The van der Waals surface area contributed by atoms with E-state index in [9.17, 15) is 23.8 Å². The van der Waals surface area contributed by atoms with Crippen molar-refractivity contribution in [3.8, 4) is 23.0 Å². The second-order valence-electron chi connectivity index (χ2n) is 16.7. The van der Waals surface area contributed by atoms with Crippen LogP contribution >= 0.6 is 23.2 Å². The molecule has 11 heteroatoms. The second kappa shape index (κ2) is 22.1. The molecule has 0 amide bonds. The molecule has 6 aromatic rings. The Bertz CT molecular complexity index is 2510. The van der Waals surface area contributed by atoms with Crippen molar-refractivity contribution in [1.29, 1.82) is 0 Å². The first-order valence-corrected chi connectivity index (χ1v) is 22.6. The Morgan fingerprint density at radius 2 is 1.12 bits per heavy atom. The molecule has 3 saturated carbocycles. The fourth-order valence-corrected chi connectivity index (χ4v) is 7.90. The number of para-hydroxylation sites is 2. The van der Waals surface area contributed by atoms with Gasteiger partial charge in [-0.05, 0) is 145 Å². The summed E-state index contributed by atoms with van der Waals surface area (Å²) in [5.41, 5.74) is -0.387. The van der Waals surface area contributed by atoms with Gasteiger partial charge in [-0.2, -0.15) is 0 Å². The number of hydrogen-bond acceptors (Lipinski definition) is 4. The van der Waals surface area contributed by atoms with E-state index in [1.54, 1.807) is 97.1 Å². The third-order valence-corrected chi connectivity index (χ3v) is 12.0. The summed E-state index contributed by atoms with van der Waals surface area (Å²) < 4.78 is 71.0. The van der Waals surface area contributed by atoms with Crippen LogP contribution in [0.25, 0.3) is 0 Å². The fourth-order valence-electron chi connectivity index (χ4n) is 7.65. The summed E-state index contributed by atoms with van der Waals surface area (Å²) in [5, 5.41) is 21.9. The number of carboxylic acids is 1. The monoisotopic (exact) mass is 924 g/mol. The molecule has 3 aliphatic rings. The van der Waals surface area contributed by atoms with Crippen LogP contribution in [-0.4, -0.2) is 28.0 Å². The Hall–Kier alpha value is -5.61. The van der Waals surface area contributed by atoms with Crippen LogP contribution in [0.3, 0.4) is 0 Å². The normalized spacial score (nSPS) is 16.6. The molecule has 0 spiro atoms. The Balaban J connectivity index is 0.000000183. The minimum Gasteiger partial charge on any atom is -0.479 e. The predicted molar refractivity (Wildman–Crippen MR) is 248 cm³/mol. The summed E-state index contributed by atoms with van der Waals surface area (Å²) in [4.78, 5) is 12.2. The number of aliphatic carboxylic acids is 1. The molecular formula is C54H50Cl2F4O5. The molecule has 338 valence electrons. The quantitative estimate of drug-likeness (QED) is 0.0946. The zero-order valence-corrected chi connectivity index (χ0v) is 37.1. The van der Waals surface area contributed by atoms with Crippen LogP contribution < -0.4 is 9.47 Å². The van der Waals surface area contributed by atoms with Crippen LogP contribution in [-0.2, 0) is 17.6 Å². The molecule has 65 heavy (non-hydrogen) atoms. The molecule has 0 bridgehead atoms. The third-order valence-electron chi connectivity index (χ3n) is 11.5. The Morgan fingerprint density at radius 1 is 0.662 bits per heavy atom. The minimum absolute atomic E-state index is 0.0953. The van der Waals surface area contributed by atoms with Crippen LogP contribution in [0.4, 0.5) is 17.6 Å². The van der Waals surface area contributed by atoms with E-state index in [0.29, 0.717) is 57.9 Å². The summed E-state index contributed by atoms with van der Waals surface area (Å²) in [6.07, 6.45) is 7.66. The molecule has 2 N–H and O–H groups in total. The van der Waals surface area contributed by atoms with E-state index in [2.05, 4.69) is 0 Å². The van der Waals surface area contributed by atoms with Crippen molar-refractivity contribution in [3.05, 3.63) is 201 Å². The van der Waals surface area contributed by atoms with Crippen molar-refractivity contribution in [2.45, 2.75) is 81.4 Å². The molecule has 0 saturated heterocycles. The van der Waals surface area contributed by atoms with Crippen LogP contribution in [0.5, 0.6) is 23.0 Å². The molecule has 0 aromatic heterocycles. The van der Waals surface area contributed by atoms with Crippen molar-refractivity contribution >= 4 is 29.2 Å². The number of carboxylic acid groups (broad SMARTS) is 1. The summed E-state index contributed by atoms with van der Waals surface area (Å²) in [6.45, 7) is 0. The Labute approximate surface area is 387 Å². The number of alkyl halides is 1. The standard InChI is InChI=1S/C26H23ClF2O4.C25H21ClF2O.C3H6/c27-19-11-9-18(10-12-19)24(17-7-8-17)26(29,25(31)32)23(30)15-16-6-13-21(28)22(14-16)33-20-4-2-1-3-5-20;26-20-12-10-19(11-13-20)25(18-8-9-18)23(28)15-7-17-6-14-22(27)24(16-17)29-21-4-2-1-3-5-21;1-2-3-1/h1-6,9-14,17,23-24,30H,7-8,15H2,(H,31,32);1-6,10-16,18,25H,7-9H2;1-3H2/b;23-15-;/t23?,24-,26?;25-;/m11./s1. The maximum absolute atomic E-state index is 16.3. The average molecular weight is 926 g/mol. The predicted octanol–water partition coefficient (Wildman–Crippen LogP) is 15.2. The summed E-state index contributed by atoms with van der Waals surface area (Å²) >= 11 is 11.9. The molecular weight excluding hydrogens is 875 g/mol. The van der Waals surface area contributed by atoms with Crippen molar-refractivity contribution in [2.75, 3.05) is 0 Å². The first-order valence-electron chi connectivity index (χ1n) is 21.9. The number of aliphatic hydroxyl groups excluding tert-OH is 1. The topological polar surface area (TPSA) is 76.0 Å². The number of allylic oxidation sites excluding steroid dienone is 2. The molecule has 6 aromatic carbocycles. The average Bonchev–Trinajstić information content (AvgIpc) is 4.12. The number of halogens is 6. The van der Waals surface area contributed by atoms with Gasteiger partial charge in [0, 0.05) is 28.3 Å². The number of ether oxygens (including phenoxy) is 2. The van der Waals surface area contributed by atoms with Crippen LogP contribution in [0, 0.1) is 23.5 Å². The third kappa shape index (κ3) is 13.2. The second-order valence-corrected chi connectivity index (χ2v) is 17.6. The highest BCUT2D eigenvalue weighted by Gasteiger charge is 2.57. The lowest BCUT2D eigenvalue weighted by Crippen LogP contribution is -2.52. The van der Waals surface area contributed by atoms with Crippen LogP contribution in [0.1, 0.15) is 79.0 Å². The van der Waals surface area contributed by atoms with E-state index < -0.39 is 35.3 Å². The molecule has 0 aliphatic heterocycles. The Kier molecular flexibility index (Phi) is 16.1. The maximum atomic E-state index is 16.3. The van der Waals surface area contributed by atoms with Gasteiger partial charge in [-0.25, -0.2) is 22.4 Å². The van der Waals surface area contributed by atoms with Crippen molar-refractivity contribution < 1.29 is 42.0 Å². The zero-order valence-electron chi connectivity index (χ0n) is 35.6. The van der Waals surface area contributed by atoms with Gasteiger partial charge >= 0.3 is 5.97 Å². The molecule has 0 radical (unpaired) electrons. The molecule has 4 atom stereocenters. The van der Waals surface area contributed by atoms with E-state index in [-0.39, 0.29) is 35.6 Å². The number of aliphatic hydroxyl groups is 1. The first-order chi connectivity index (χ1) is 31.4. The van der Waals surface area contributed by atoms with Crippen molar-refractivity contribution in [2.24, 2.45) is 11.8 Å². The van der Waals surface area contributed by atoms with Gasteiger partial charge in [-0.1, -0.05) is 115 Å². The number of hydrogen-bond donors (Lipinski definition) is 2. The summed E-state index contributed by atoms with van der Waals surface area (Å²) in [6, 6.07) is 39.9. The summed E-state index contributed by atoms with van der Waals surface area (Å²) in [7, 11) is 0. The van der Waals surface area contributed by atoms with Crippen molar-refractivity contribution in [1.82, 2.24) is 0 Å². The highest BCUT2D eigenvalue weighted by Crippen LogP contribution is 2.52. The van der Waals surface area contributed by atoms with Gasteiger partial charge in [-0.15, -0.1) is 0 Å². The molecule has 3 fully saturated rings. The molecule has 9 rings (SSSR count).